The number of nitrogens with zero attached hydrogens (tertiary/aromatic N) is 2. The standard InChI is InChI=1S/C12H16N2O2S/c15-11(16)10-7-13-12(17-10)14-6-5-8-3-1-2-4-9(8)14/h7-9H,1-6H2,(H,15,16). The Bertz CT molecular complexity index is 432. The molecule has 1 saturated heterocycles. The molecule has 0 bridgehead atoms. The van der Waals surface area contributed by atoms with E-state index in [-0.39, 0.29) is 0 Å². The molecule has 0 amide bonds. The molecule has 1 aromatic heterocycles. The van der Waals surface area contributed by atoms with Gasteiger partial charge in [0.2, 0.25) is 0 Å². The summed E-state index contributed by atoms with van der Waals surface area (Å²) in [5.41, 5.74) is 0. The molecule has 0 radical (unpaired) electrons. The van der Waals surface area contributed by atoms with Crippen LogP contribution >= 0.6 is 11.3 Å². The SMILES string of the molecule is O=C(O)c1cnc(N2CCC3CCCCC32)s1. The third-order valence-corrected chi connectivity index (χ3v) is 4.98. The summed E-state index contributed by atoms with van der Waals surface area (Å²) >= 11 is 1.31. The van der Waals surface area contributed by atoms with Gasteiger partial charge in [-0.2, -0.15) is 0 Å². The van der Waals surface area contributed by atoms with Gasteiger partial charge in [0, 0.05) is 12.6 Å². The van der Waals surface area contributed by atoms with Crippen LogP contribution in [0.2, 0.25) is 0 Å². The Balaban J connectivity index is 1.81. The van der Waals surface area contributed by atoms with Crippen LogP contribution in [0.15, 0.2) is 6.20 Å². The highest BCUT2D eigenvalue weighted by Crippen LogP contribution is 2.39. The molecule has 2 atom stereocenters. The van der Waals surface area contributed by atoms with E-state index in [1.54, 1.807) is 0 Å². The van der Waals surface area contributed by atoms with E-state index in [2.05, 4.69) is 9.88 Å². The second-order valence-corrected chi connectivity index (χ2v) is 5.92. The van der Waals surface area contributed by atoms with Crippen molar-refractivity contribution in [1.82, 2.24) is 4.98 Å². The summed E-state index contributed by atoms with van der Waals surface area (Å²) in [5.74, 6) is -0.0610. The largest absolute Gasteiger partial charge is 0.477 e. The van der Waals surface area contributed by atoms with Gasteiger partial charge in [0.1, 0.15) is 4.88 Å². The maximum absolute atomic E-state index is 10.9. The summed E-state index contributed by atoms with van der Waals surface area (Å²) in [6.45, 7) is 1.04. The molecule has 5 heteroatoms. The van der Waals surface area contributed by atoms with Crippen LogP contribution in [-0.2, 0) is 0 Å². The molecule has 17 heavy (non-hydrogen) atoms. The van der Waals surface area contributed by atoms with E-state index in [4.69, 9.17) is 5.11 Å². The van der Waals surface area contributed by atoms with Crippen molar-refractivity contribution >= 4 is 22.4 Å². The Morgan fingerprint density at radius 2 is 2.24 bits per heavy atom. The van der Waals surface area contributed by atoms with Crippen molar-refractivity contribution in [3.63, 3.8) is 0 Å². The third-order valence-electron chi connectivity index (χ3n) is 3.96. The Kier molecular flexibility index (Phi) is 2.78. The number of aromatic nitrogens is 1. The Labute approximate surface area is 104 Å². The Morgan fingerprint density at radius 1 is 1.41 bits per heavy atom. The van der Waals surface area contributed by atoms with Crippen molar-refractivity contribution in [1.29, 1.82) is 0 Å². The van der Waals surface area contributed by atoms with Crippen LogP contribution in [0, 0.1) is 5.92 Å². The van der Waals surface area contributed by atoms with Crippen molar-refractivity contribution in [3.8, 4) is 0 Å². The van der Waals surface area contributed by atoms with Crippen molar-refractivity contribution in [3.05, 3.63) is 11.1 Å². The second-order valence-electron chi connectivity index (χ2n) is 4.91. The molecule has 1 aliphatic carbocycles. The van der Waals surface area contributed by atoms with E-state index < -0.39 is 5.97 Å². The lowest BCUT2D eigenvalue weighted by Crippen LogP contribution is -2.34. The number of fused-ring (bicyclic) bond motifs is 1. The van der Waals surface area contributed by atoms with Crippen molar-refractivity contribution < 1.29 is 9.90 Å². The summed E-state index contributed by atoms with van der Waals surface area (Å²) < 4.78 is 0. The average Bonchev–Trinajstić information content (AvgIpc) is 2.95. The van der Waals surface area contributed by atoms with Gasteiger partial charge in [0.15, 0.2) is 5.13 Å². The molecular formula is C12H16N2O2S. The summed E-state index contributed by atoms with van der Waals surface area (Å²) in [6, 6.07) is 0.608. The molecule has 2 unspecified atom stereocenters. The van der Waals surface area contributed by atoms with Gasteiger partial charge in [-0.05, 0) is 25.2 Å². The highest BCUT2D eigenvalue weighted by atomic mass is 32.1. The molecule has 2 aliphatic rings. The predicted octanol–water partition coefficient (Wildman–Crippen LogP) is 2.61. The zero-order chi connectivity index (χ0) is 11.8. The van der Waals surface area contributed by atoms with Crippen LogP contribution in [0.5, 0.6) is 0 Å². The minimum atomic E-state index is -0.867. The smallest absolute Gasteiger partial charge is 0.347 e. The highest BCUT2D eigenvalue weighted by molar-refractivity contribution is 7.17. The third kappa shape index (κ3) is 1.92. The quantitative estimate of drug-likeness (QED) is 0.879. The number of carboxylic acids is 1. The van der Waals surface area contributed by atoms with Crippen molar-refractivity contribution in [2.45, 2.75) is 38.1 Å². The first kappa shape index (κ1) is 11.0. The number of carboxylic acid groups (broad SMARTS) is 1. The van der Waals surface area contributed by atoms with Gasteiger partial charge in [0.25, 0.3) is 0 Å². The van der Waals surface area contributed by atoms with Crippen LogP contribution in [-0.4, -0.2) is 28.6 Å². The molecule has 1 saturated carbocycles. The maximum atomic E-state index is 10.9. The number of thiazole rings is 1. The van der Waals surface area contributed by atoms with Gasteiger partial charge < -0.3 is 10.0 Å². The fraction of sp³-hybridized carbons (Fsp3) is 0.667. The molecule has 2 heterocycles. The van der Waals surface area contributed by atoms with E-state index in [0.29, 0.717) is 10.9 Å². The fourth-order valence-corrected chi connectivity index (χ4v) is 3.98. The van der Waals surface area contributed by atoms with Gasteiger partial charge in [0.05, 0.1) is 6.20 Å². The molecule has 2 fully saturated rings. The normalized spacial score (nSPS) is 28.1. The van der Waals surface area contributed by atoms with Crippen LogP contribution in [0.25, 0.3) is 0 Å². The van der Waals surface area contributed by atoms with Crippen molar-refractivity contribution in [2.75, 3.05) is 11.4 Å². The number of aromatic carboxylic acids is 1. The molecule has 1 aromatic rings. The minimum Gasteiger partial charge on any atom is -0.477 e. The zero-order valence-electron chi connectivity index (χ0n) is 9.63. The lowest BCUT2D eigenvalue weighted by molar-refractivity contribution is 0.0702. The molecule has 4 nitrogen and oxygen atoms in total. The van der Waals surface area contributed by atoms with Gasteiger partial charge in [-0.25, -0.2) is 9.78 Å². The van der Waals surface area contributed by atoms with E-state index in [1.807, 2.05) is 0 Å². The van der Waals surface area contributed by atoms with Gasteiger partial charge in [-0.1, -0.05) is 24.2 Å². The van der Waals surface area contributed by atoms with Crippen LogP contribution in [0.3, 0.4) is 0 Å². The molecule has 0 aromatic carbocycles. The number of carbonyl (C=O) groups is 1. The zero-order valence-corrected chi connectivity index (χ0v) is 10.4. The number of anilines is 1. The molecule has 1 N–H and O–H groups in total. The fourth-order valence-electron chi connectivity index (χ4n) is 3.14. The first-order valence-electron chi connectivity index (χ1n) is 6.21. The second kappa shape index (κ2) is 4.29. The van der Waals surface area contributed by atoms with Crippen molar-refractivity contribution in [2.24, 2.45) is 5.92 Å². The molecule has 92 valence electrons. The maximum Gasteiger partial charge on any atom is 0.347 e. The summed E-state index contributed by atoms with van der Waals surface area (Å²) in [6.07, 6.45) is 7.96. The van der Waals surface area contributed by atoms with E-state index in [1.165, 1.54) is 49.6 Å². The van der Waals surface area contributed by atoms with E-state index in [9.17, 15) is 4.79 Å². The van der Waals surface area contributed by atoms with Gasteiger partial charge in [-0.3, -0.25) is 0 Å². The monoisotopic (exact) mass is 252 g/mol. The molecule has 0 spiro atoms. The van der Waals surface area contributed by atoms with Crippen LogP contribution in [0.4, 0.5) is 5.13 Å². The first-order chi connectivity index (χ1) is 8.25. The van der Waals surface area contributed by atoms with E-state index >= 15 is 0 Å². The summed E-state index contributed by atoms with van der Waals surface area (Å²) in [4.78, 5) is 17.8. The highest BCUT2D eigenvalue weighted by Gasteiger charge is 2.37. The van der Waals surface area contributed by atoms with Gasteiger partial charge >= 0.3 is 5.97 Å². The number of hydrogen-bond donors (Lipinski definition) is 1. The first-order valence-corrected chi connectivity index (χ1v) is 7.03. The summed E-state index contributed by atoms with van der Waals surface area (Å²) in [7, 11) is 0. The predicted molar refractivity (Wildman–Crippen MR) is 66.8 cm³/mol. The lowest BCUT2D eigenvalue weighted by Gasteiger charge is -2.31. The number of rotatable bonds is 2. The van der Waals surface area contributed by atoms with E-state index in [0.717, 1.165) is 17.6 Å². The number of hydrogen-bond acceptors (Lipinski definition) is 4. The van der Waals surface area contributed by atoms with Crippen LogP contribution in [0.1, 0.15) is 41.8 Å². The lowest BCUT2D eigenvalue weighted by atomic mass is 9.85. The molecular weight excluding hydrogens is 236 g/mol. The Morgan fingerprint density at radius 3 is 3.00 bits per heavy atom. The van der Waals surface area contributed by atoms with Crippen LogP contribution < -0.4 is 4.90 Å². The van der Waals surface area contributed by atoms with Gasteiger partial charge in [-0.15, -0.1) is 0 Å². The molecule has 1 aliphatic heterocycles. The topological polar surface area (TPSA) is 53.4 Å². The minimum absolute atomic E-state index is 0.347. The summed E-state index contributed by atoms with van der Waals surface area (Å²) in [5, 5.41) is 9.83. The average molecular weight is 252 g/mol. The molecule has 3 rings (SSSR count). The Hall–Kier alpha value is -1.10.